The molecular weight excluding hydrogens is 466 g/mol. The zero-order chi connectivity index (χ0) is 24.2. The average molecular weight is 496 g/mol. The van der Waals surface area contributed by atoms with Crippen molar-refractivity contribution in [3.63, 3.8) is 0 Å². The Hall–Kier alpha value is -3.24. The third-order valence-electron chi connectivity index (χ3n) is 6.32. The summed E-state index contributed by atoms with van der Waals surface area (Å²) in [4.78, 5) is 17.3. The Morgan fingerprint density at radius 1 is 1.00 bits per heavy atom. The average Bonchev–Trinajstić information content (AvgIpc) is 3.35. The van der Waals surface area contributed by atoms with Gasteiger partial charge in [0.2, 0.25) is 11.9 Å². The van der Waals surface area contributed by atoms with Crippen LogP contribution < -0.4 is 14.4 Å². The summed E-state index contributed by atoms with van der Waals surface area (Å²) in [5.41, 5.74) is 3.26. The number of carbonyl (C=O) groups excluding carboxylic acids is 1. The SMILES string of the molecule is COc1cc2c(cc1OC)CN(C(=O)CSc1nnc(N3CCOCC3)n1-c1ccccc1)CC2. The zero-order valence-corrected chi connectivity index (χ0v) is 20.8. The smallest absolute Gasteiger partial charge is 0.233 e. The van der Waals surface area contributed by atoms with Gasteiger partial charge in [0.15, 0.2) is 16.7 Å². The van der Waals surface area contributed by atoms with Crippen LogP contribution in [0, 0.1) is 0 Å². The Morgan fingerprint density at radius 3 is 2.43 bits per heavy atom. The van der Waals surface area contributed by atoms with E-state index in [1.807, 2.05) is 51.9 Å². The second kappa shape index (κ2) is 10.6. The van der Waals surface area contributed by atoms with E-state index in [4.69, 9.17) is 14.2 Å². The number of amides is 1. The quantitative estimate of drug-likeness (QED) is 0.463. The predicted molar refractivity (Wildman–Crippen MR) is 134 cm³/mol. The van der Waals surface area contributed by atoms with Gasteiger partial charge in [-0.1, -0.05) is 30.0 Å². The van der Waals surface area contributed by atoms with E-state index >= 15 is 0 Å². The van der Waals surface area contributed by atoms with Crippen LogP contribution in [0.15, 0.2) is 47.6 Å². The molecule has 0 atom stereocenters. The maximum Gasteiger partial charge on any atom is 0.233 e. The molecule has 0 aliphatic carbocycles. The van der Waals surface area contributed by atoms with Crippen LogP contribution in [0.1, 0.15) is 11.1 Å². The molecule has 9 nitrogen and oxygen atoms in total. The number of benzene rings is 2. The monoisotopic (exact) mass is 495 g/mol. The van der Waals surface area contributed by atoms with Gasteiger partial charge >= 0.3 is 0 Å². The second-order valence-corrected chi connectivity index (χ2v) is 9.33. The lowest BCUT2D eigenvalue weighted by Gasteiger charge is -2.29. The minimum atomic E-state index is 0.0750. The molecule has 184 valence electrons. The van der Waals surface area contributed by atoms with Gasteiger partial charge in [-0.15, -0.1) is 10.2 Å². The highest BCUT2D eigenvalue weighted by Crippen LogP contribution is 2.34. The van der Waals surface area contributed by atoms with Gasteiger partial charge in [0.05, 0.1) is 38.9 Å². The summed E-state index contributed by atoms with van der Waals surface area (Å²) < 4.78 is 18.4. The summed E-state index contributed by atoms with van der Waals surface area (Å²) in [6.45, 7) is 4.07. The molecule has 3 aromatic rings. The van der Waals surface area contributed by atoms with Crippen LogP contribution in [0.4, 0.5) is 5.95 Å². The molecule has 0 bridgehead atoms. The van der Waals surface area contributed by atoms with E-state index in [9.17, 15) is 4.79 Å². The Balaban J connectivity index is 1.32. The van der Waals surface area contributed by atoms with Gasteiger partial charge in [-0.2, -0.15) is 0 Å². The zero-order valence-electron chi connectivity index (χ0n) is 20.0. The van der Waals surface area contributed by atoms with Crippen molar-refractivity contribution in [3.05, 3.63) is 53.6 Å². The van der Waals surface area contributed by atoms with E-state index in [-0.39, 0.29) is 11.7 Å². The van der Waals surface area contributed by atoms with Crippen molar-refractivity contribution < 1.29 is 19.0 Å². The van der Waals surface area contributed by atoms with E-state index in [0.717, 1.165) is 42.5 Å². The number of fused-ring (bicyclic) bond motifs is 1. The van der Waals surface area contributed by atoms with Gasteiger partial charge in [-0.3, -0.25) is 9.36 Å². The molecule has 0 N–H and O–H groups in total. The first-order valence-corrected chi connectivity index (χ1v) is 12.6. The molecule has 1 aromatic heterocycles. The number of thioether (sulfide) groups is 1. The van der Waals surface area contributed by atoms with Crippen molar-refractivity contribution >= 4 is 23.6 Å². The van der Waals surface area contributed by atoms with Crippen LogP contribution in [-0.4, -0.2) is 78.4 Å². The highest BCUT2D eigenvalue weighted by atomic mass is 32.2. The molecule has 10 heteroatoms. The molecule has 2 aliphatic rings. The molecule has 2 aliphatic heterocycles. The largest absolute Gasteiger partial charge is 0.493 e. The number of hydrogen-bond acceptors (Lipinski definition) is 8. The Kier molecular flexibility index (Phi) is 7.10. The van der Waals surface area contributed by atoms with E-state index in [2.05, 4.69) is 15.1 Å². The number of hydrogen-bond donors (Lipinski definition) is 0. The predicted octanol–water partition coefficient (Wildman–Crippen LogP) is 2.80. The van der Waals surface area contributed by atoms with Crippen LogP contribution in [0.5, 0.6) is 11.5 Å². The summed E-state index contributed by atoms with van der Waals surface area (Å²) in [5, 5.41) is 9.64. The first-order chi connectivity index (χ1) is 17.2. The topological polar surface area (TPSA) is 82.0 Å². The molecule has 35 heavy (non-hydrogen) atoms. The molecule has 3 heterocycles. The number of para-hydroxylation sites is 1. The summed E-state index contributed by atoms with van der Waals surface area (Å²) in [6.07, 6.45) is 0.785. The number of rotatable bonds is 7. The standard InChI is InChI=1S/C25H29N5O4S/c1-32-21-14-18-8-9-29(16-19(18)15-22(21)33-2)23(31)17-35-25-27-26-24(28-10-12-34-13-11-28)30(25)20-6-4-3-5-7-20/h3-7,14-15H,8-13,16-17H2,1-2H3. The van der Waals surface area contributed by atoms with Gasteiger partial charge in [0, 0.05) is 26.2 Å². The maximum atomic E-state index is 13.2. The number of aromatic nitrogens is 3. The molecule has 1 fully saturated rings. The number of carbonyl (C=O) groups is 1. The van der Waals surface area contributed by atoms with Crippen molar-refractivity contribution in [2.75, 3.05) is 57.7 Å². The van der Waals surface area contributed by atoms with Crippen LogP contribution in [0.25, 0.3) is 5.69 Å². The highest BCUT2D eigenvalue weighted by molar-refractivity contribution is 7.99. The lowest BCUT2D eigenvalue weighted by atomic mass is 9.99. The maximum absolute atomic E-state index is 13.2. The van der Waals surface area contributed by atoms with Crippen molar-refractivity contribution in [1.82, 2.24) is 19.7 Å². The number of ether oxygens (including phenoxy) is 3. The second-order valence-electron chi connectivity index (χ2n) is 8.38. The first kappa shape index (κ1) is 23.5. The minimum Gasteiger partial charge on any atom is -0.493 e. The lowest BCUT2D eigenvalue weighted by molar-refractivity contribution is -0.129. The lowest BCUT2D eigenvalue weighted by Crippen LogP contribution is -2.38. The summed E-state index contributed by atoms with van der Waals surface area (Å²) in [5.74, 6) is 2.55. The summed E-state index contributed by atoms with van der Waals surface area (Å²) in [6, 6.07) is 14.0. The highest BCUT2D eigenvalue weighted by Gasteiger charge is 2.25. The fourth-order valence-corrected chi connectivity index (χ4v) is 5.29. The van der Waals surface area contributed by atoms with Gasteiger partial charge in [-0.25, -0.2) is 0 Å². The Morgan fingerprint density at radius 2 is 1.71 bits per heavy atom. The van der Waals surface area contributed by atoms with E-state index in [0.29, 0.717) is 37.2 Å². The van der Waals surface area contributed by atoms with Crippen molar-refractivity contribution in [2.24, 2.45) is 0 Å². The third kappa shape index (κ3) is 4.94. The first-order valence-electron chi connectivity index (χ1n) is 11.7. The number of morpholine rings is 1. The van der Waals surface area contributed by atoms with Gasteiger partial charge in [0.1, 0.15) is 0 Å². The molecule has 0 saturated carbocycles. The number of methoxy groups -OCH3 is 2. The van der Waals surface area contributed by atoms with Crippen molar-refractivity contribution in [2.45, 2.75) is 18.1 Å². The minimum absolute atomic E-state index is 0.0750. The van der Waals surface area contributed by atoms with Crippen molar-refractivity contribution in [3.8, 4) is 17.2 Å². The molecule has 0 unspecified atom stereocenters. The van der Waals surface area contributed by atoms with Gasteiger partial charge < -0.3 is 24.0 Å². The Bertz CT molecular complexity index is 1180. The fraction of sp³-hybridized carbons (Fsp3) is 0.400. The van der Waals surface area contributed by atoms with Gasteiger partial charge in [-0.05, 0) is 41.8 Å². The number of nitrogens with zero attached hydrogens (tertiary/aromatic N) is 5. The van der Waals surface area contributed by atoms with Crippen LogP contribution in [0.3, 0.4) is 0 Å². The van der Waals surface area contributed by atoms with Crippen LogP contribution >= 0.6 is 11.8 Å². The summed E-state index contributed by atoms with van der Waals surface area (Å²) >= 11 is 1.42. The normalized spacial score (nSPS) is 15.6. The van der Waals surface area contributed by atoms with Crippen LogP contribution in [-0.2, 0) is 22.5 Å². The van der Waals surface area contributed by atoms with Crippen molar-refractivity contribution in [1.29, 1.82) is 0 Å². The van der Waals surface area contributed by atoms with E-state index < -0.39 is 0 Å². The molecule has 5 rings (SSSR count). The summed E-state index contributed by atoms with van der Waals surface area (Å²) in [7, 11) is 3.26. The third-order valence-corrected chi connectivity index (χ3v) is 7.23. The number of anilines is 1. The molecule has 0 radical (unpaired) electrons. The van der Waals surface area contributed by atoms with E-state index in [1.165, 1.54) is 17.3 Å². The molecule has 0 spiro atoms. The molecule has 1 amide bonds. The molecular formula is C25H29N5O4S. The van der Waals surface area contributed by atoms with Gasteiger partial charge in [0.25, 0.3) is 0 Å². The van der Waals surface area contributed by atoms with Crippen LogP contribution in [0.2, 0.25) is 0 Å². The fourth-order valence-electron chi connectivity index (χ4n) is 4.44. The Labute approximate surface area is 209 Å². The molecule has 1 saturated heterocycles. The molecule has 2 aromatic carbocycles. The van der Waals surface area contributed by atoms with E-state index in [1.54, 1.807) is 14.2 Å².